The second kappa shape index (κ2) is 6.17. The smallest absolute Gasteiger partial charge is 0.225 e. The molecule has 0 aromatic carbocycles. The molecule has 0 aliphatic heterocycles. The van der Waals surface area contributed by atoms with Crippen molar-refractivity contribution in [1.29, 1.82) is 0 Å². The van der Waals surface area contributed by atoms with Crippen molar-refractivity contribution >= 4 is 29.9 Å². The number of aromatic nitrogens is 3. The first-order valence-electron chi connectivity index (χ1n) is 5.06. The average molecular weight is 246 g/mol. The van der Waals surface area contributed by atoms with Crippen LogP contribution < -0.4 is 4.90 Å². The second-order valence-corrected chi connectivity index (χ2v) is 4.77. The van der Waals surface area contributed by atoms with E-state index in [1.807, 2.05) is 18.8 Å². The highest BCUT2D eigenvalue weighted by molar-refractivity contribution is 7.98. The summed E-state index contributed by atoms with van der Waals surface area (Å²) in [6.07, 6.45) is 3.17. The zero-order valence-electron chi connectivity index (χ0n) is 9.49. The number of nitrogens with one attached hydrogen (secondary N) is 1. The molecule has 0 saturated heterocycles. The summed E-state index contributed by atoms with van der Waals surface area (Å²) < 4.78 is 2.76. The van der Waals surface area contributed by atoms with Crippen LogP contribution in [0.4, 0.5) is 5.95 Å². The van der Waals surface area contributed by atoms with Crippen LogP contribution in [-0.2, 0) is 6.54 Å². The Morgan fingerprint density at radius 2 is 2.33 bits per heavy atom. The Morgan fingerprint density at radius 1 is 1.60 bits per heavy atom. The predicted molar refractivity (Wildman–Crippen MR) is 69.4 cm³/mol. The summed E-state index contributed by atoms with van der Waals surface area (Å²) >= 11 is 7.02. The van der Waals surface area contributed by atoms with Crippen LogP contribution in [0.3, 0.4) is 0 Å². The van der Waals surface area contributed by atoms with E-state index in [-0.39, 0.29) is 0 Å². The number of rotatable bonds is 6. The first kappa shape index (κ1) is 12.6. The second-order valence-electron chi connectivity index (χ2n) is 3.39. The van der Waals surface area contributed by atoms with E-state index < -0.39 is 0 Å². The first-order chi connectivity index (χ1) is 7.20. The van der Waals surface area contributed by atoms with Crippen LogP contribution in [0.5, 0.6) is 0 Å². The molecular formula is C9H18N4S2. The molecule has 1 heterocycles. The molecule has 0 unspecified atom stereocenters. The van der Waals surface area contributed by atoms with E-state index in [2.05, 4.69) is 32.8 Å². The third kappa shape index (κ3) is 3.24. The molecule has 1 aromatic heterocycles. The normalized spacial score (nSPS) is 10.6. The van der Waals surface area contributed by atoms with Crippen molar-refractivity contribution in [2.75, 3.05) is 30.5 Å². The fourth-order valence-corrected chi connectivity index (χ4v) is 2.03. The quantitative estimate of drug-likeness (QED) is 0.780. The highest BCUT2D eigenvalue weighted by Crippen LogP contribution is 2.10. The van der Waals surface area contributed by atoms with Crippen molar-refractivity contribution < 1.29 is 0 Å². The van der Waals surface area contributed by atoms with Crippen molar-refractivity contribution in [3.05, 3.63) is 4.77 Å². The lowest BCUT2D eigenvalue weighted by Gasteiger charge is -2.17. The third-order valence-electron chi connectivity index (χ3n) is 2.16. The van der Waals surface area contributed by atoms with Crippen LogP contribution in [0.2, 0.25) is 0 Å². The van der Waals surface area contributed by atoms with Gasteiger partial charge in [0.05, 0.1) is 0 Å². The molecule has 0 radical (unpaired) electrons. The first-order valence-corrected chi connectivity index (χ1v) is 6.86. The SMILES string of the molecule is CCCn1c(N(C)CCSC)n[nH]c1=S. The maximum atomic E-state index is 5.18. The highest BCUT2D eigenvalue weighted by atomic mass is 32.2. The van der Waals surface area contributed by atoms with Crippen molar-refractivity contribution in [3.63, 3.8) is 0 Å². The number of hydrogen-bond donors (Lipinski definition) is 1. The zero-order chi connectivity index (χ0) is 11.3. The lowest BCUT2D eigenvalue weighted by Crippen LogP contribution is -2.24. The predicted octanol–water partition coefficient (Wildman–Crippen LogP) is 2.15. The van der Waals surface area contributed by atoms with E-state index in [4.69, 9.17) is 12.2 Å². The molecule has 0 bridgehead atoms. The molecule has 1 aromatic rings. The fraction of sp³-hybridized carbons (Fsp3) is 0.778. The molecule has 0 aliphatic rings. The van der Waals surface area contributed by atoms with Crippen LogP contribution in [0.15, 0.2) is 0 Å². The average Bonchev–Trinajstić information content (AvgIpc) is 2.58. The van der Waals surface area contributed by atoms with Gasteiger partial charge in [-0.2, -0.15) is 11.8 Å². The number of H-pyrrole nitrogens is 1. The molecule has 0 aliphatic carbocycles. The molecule has 1 N–H and O–H groups in total. The van der Waals surface area contributed by atoms with Crippen LogP contribution >= 0.6 is 24.0 Å². The molecule has 86 valence electrons. The minimum Gasteiger partial charge on any atom is -0.343 e. The third-order valence-corrected chi connectivity index (χ3v) is 3.06. The molecule has 15 heavy (non-hydrogen) atoms. The van der Waals surface area contributed by atoms with Gasteiger partial charge < -0.3 is 4.90 Å². The molecule has 0 amide bonds. The van der Waals surface area contributed by atoms with Gasteiger partial charge in [-0.3, -0.25) is 4.57 Å². The summed E-state index contributed by atoms with van der Waals surface area (Å²) in [5.41, 5.74) is 0. The van der Waals surface area contributed by atoms with Crippen molar-refractivity contribution in [3.8, 4) is 0 Å². The number of aromatic amines is 1. The van der Waals surface area contributed by atoms with Gasteiger partial charge in [-0.25, -0.2) is 5.10 Å². The van der Waals surface area contributed by atoms with Crippen LogP contribution in [0.25, 0.3) is 0 Å². The van der Waals surface area contributed by atoms with Crippen molar-refractivity contribution in [1.82, 2.24) is 14.8 Å². The Bertz CT molecular complexity index is 344. The maximum absolute atomic E-state index is 5.18. The van der Waals surface area contributed by atoms with E-state index >= 15 is 0 Å². The Morgan fingerprint density at radius 3 is 2.93 bits per heavy atom. The Balaban J connectivity index is 2.78. The molecular weight excluding hydrogens is 228 g/mol. The summed E-state index contributed by atoms with van der Waals surface area (Å²) in [7, 11) is 2.05. The van der Waals surface area contributed by atoms with Gasteiger partial charge in [-0.15, -0.1) is 5.10 Å². The van der Waals surface area contributed by atoms with E-state index in [9.17, 15) is 0 Å². The Labute approximate surface area is 100 Å². The Hall–Kier alpha value is -0.490. The highest BCUT2D eigenvalue weighted by Gasteiger charge is 2.09. The van der Waals surface area contributed by atoms with Gasteiger partial charge in [0.2, 0.25) is 5.95 Å². The number of thioether (sulfide) groups is 1. The fourth-order valence-electron chi connectivity index (χ4n) is 1.35. The van der Waals surface area contributed by atoms with Gasteiger partial charge in [0, 0.05) is 25.9 Å². The zero-order valence-corrected chi connectivity index (χ0v) is 11.1. The molecule has 6 heteroatoms. The Kier molecular flexibility index (Phi) is 5.17. The largest absolute Gasteiger partial charge is 0.343 e. The summed E-state index contributed by atoms with van der Waals surface area (Å²) in [4.78, 5) is 2.14. The van der Waals surface area contributed by atoms with Crippen LogP contribution in [0.1, 0.15) is 13.3 Å². The molecule has 4 nitrogen and oxygen atoms in total. The van der Waals surface area contributed by atoms with E-state index in [0.717, 1.165) is 31.2 Å². The van der Waals surface area contributed by atoms with Gasteiger partial charge in [0.1, 0.15) is 0 Å². The summed E-state index contributed by atoms with van der Waals surface area (Å²) in [6.45, 7) is 4.05. The molecule has 0 spiro atoms. The van der Waals surface area contributed by atoms with Gasteiger partial charge in [-0.05, 0) is 24.9 Å². The lowest BCUT2D eigenvalue weighted by atomic mass is 10.5. The molecule has 0 fully saturated rings. The van der Waals surface area contributed by atoms with Gasteiger partial charge in [0.25, 0.3) is 0 Å². The minimum absolute atomic E-state index is 0.711. The maximum Gasteiger partial charge on any atom is 0.225 e. The summed E-state index contributed by atoms with van der Waals surface area (Å²) in [5, 5.41) is 7.10. The topological polar surface area (TPSA) is 36.9 Å². The molecule has 0 atom stereocenters. The van der Waals surface area contributed by atoms with Crippen LogP contribution in [0, 0.1) is 4.77 Å². The van der Waals surface area contributed by atoms with E-state index in [0.29, 0.717) is 4.77 Å². The van der Waals surface area contributed by atoms with E-state index in [1.54, 1.807) is 0 Å². The number of nitrogens with zero attached hydrogens (tertiary/aromatic N) is 3. The minimum atomic E-state index is 0.711. The van der Waals surface area contributed by atoms with Gasteiger partial charge >= 0.3 is 0 Å². The van der Waals surface area contributed by atoms with Gasteiger partial charge in [-0.1, -0.05) is 6.92 Å². The monoisotopic (exact) mass is 246 g/mol. The van der Waals surface area contributed by atoms with Crippen molar-refractivity contribution in [2.45, 2.75) is 19.9 Å². The van der Waals surface area contributed by atoms with Gasteiger partial charge in [0.15, 0.2) is 4.77 Å². The van der Waals surface area contributed by atoms with E-state index in [1.165, 1.54) is 0 Å². The lowest BCUT2D eigenvalue weighted by molar-refractivity contribution is 0.658. The molecule has 0 saturated carbocycles. The van der Waals surface area contributed by atoms with Crippen LogP contribution in [-0.4, -0.2) is 40.4 Å². The standard InChI is InChI=1S/C9H18N4S2/c1-4-5-13-8(10-11-9(13)14)12(2)6-7-15-3/h4-7H2,1-3H3,(H,11,14). The summed E-state index contributed by atoms with van der Waals surface area (Å²) in [5.74, 6) is 2.04. The van der Waals surface area contributed by atoms with Crippen molar-refractivity contribution in [2.24, 2.45) is 0 Å². The molecule has 1 rings (SSSR count). The number of anilines is 1. The summed E-state index contributed by atoms with van der Waals surface area (Å²) in [6, 6.07) is 0. The number of hydrogen-bond acceptors (Lipinski definition) is 4.